The summed E-state index contributed by atoms with van der Waals surface area (Å²) in [7, 11) is -3.00. The van der Waals surface area contributed by atoms with E-state index in [1.165, 1.54) is 150 Å². The van der Waals surface area contributed by atoms with E-state index in [2.05, 4.69) is 337 Å². The number of fused-ring (bicyclic) bond motifs is 15. The molecule has 0 aliphatic carbocycles. The van der Waals surface area contributed by atoms with Gasteiger partial charge in [-0.3, -0.25) is 0 Å². The van der Waals surface area contributed by atoms with Crippen molar-refractivity contribution < 1.29 is 0 Å². The smallest absolute Gasteiger partial charge is 0.181 e. The van der Waals surface area contributed by atoms with Crippen LogP contribution in [0.5, 0.6) is 0 Å². The molecule has 0 aliphatic rings. The van der Waals surface area contributed by atoms with Crippen LogP contribution >= 0.6 is 11.3 Å². The van der Waals surface area contributed by atoms with E-state index in [4.69, 9.17) is 0 Å². The zero-order valence-corrected chi connectivity index (χ0v) is 49.8. The highest BCUT2D eigenvalue weighted by Gasteiger charge is 2.43. The molecule has 0 radical (unpaired) electrons. The summed E-state index contributed by atoms with van der Waals surface area (Å²) in [5, 5.41) is 20.7. The number of rotatable bonds is 9. The minimum Gasteiger partial charge on any atom is -0.309 e. The molecule has 3 heterocycles. The van der Waals surface area contributed by atoms with Crippen molar-refractivity contribution in [2.45, 2.75) is 0 Å². The van der Waals surface area contributed by atoms with Gasteiger partial charge < -0.3 is 9.13 Å². The van der Waals surface area contributed by atoms with Crippen LogP contribution in [0.4, 0.5) is 0 Å². The zero-order valence-electron chi connectivity index (χ0n) is 48.0. The Bertz CT molecular complexity index is 5720. The van der Waals surface area contributed by atoms with Gasteiger partial charge in [0, 0.05) is 53.1 Å². The molecule has 3 aromatic heterocycles. The molecule has 410 valence electrons. The summed E-state index contributed by atoms with van der Waals surface area (Å²) < 4.78 is 7.59. The monoisotopic (exact) mass is 1150 g/mol. The average molecular weight is 1150 g/mol. The van der Waals surface area contributed by atoms with E-state index in [0.717, 1.165) is 11.4 Å². The largest absolute Gasteiger partial charge is 0.309 e. The first kappa shape index (κ1) is 50.4. The maximum Gasteiger partial charge on any atom is 0.181 e. The molecule has 0 aliphatic heterocycles. The Labute approximate surface area is 514 Å². The lowest BCUT2D eigenvalue weighted by Crippen LogP contribution is -2.74. The topological polar surface area (TPSA) is 9.86 Å². The molecule has 0 fully saturated rings. The third-order valence-electron chi connectivity index (χ3n) is 18.8. The molecular formula is C84H54N2SSi. The van der Waals surface area contributed by atoms with Crippen molar-refractivity contribution in [3.05, 3.63) is 328 Å². The van der Waals surface area contributed by atoms with Crippen LogP contribution in [0.25, 0.3) is 141 Å². The number of para-hydroxylation sites is 3. The molecule has 0 saturated heterocycles. The predicted molar refractivity (Wildman–Crippen MR) is 380 cm³/mol. The number of hydrogen-bond donors (Lipinski definition) is 0. The van der Waals surface area contributed by atoms with E-state index < -0.39 is 8.07 Å². The fourth-order valence-corrected chi connectivity index (χ4v) is 21.6. The lowest BCUT2D eigenvalue weighted by atomic mass is 9.89. The molecule has 0 bridgehead atoms. The van der Waals surface area contributed by atoms with Crippen LogP contribution in [0.3, 0.4) is 0 Å². The Hall–Kier alpha value is -10.9. The second kappa shape index (κ2) is 20.1. The van der Waals surface area contributed by atoms with E-state index >= 15 is 0 Å². The summed E-state index contributed by atoms with van der Waals surface area (Å²) >= 11 is 1.93. The molecule has 0 spiro atoms. The normalized spacial score (nSPS) is 12.1. The lowest BCUT2D eigenvalue weighted by molar-refractivity contribution is 1.18. The molecule has 0 atom stereocenters. The van der Waals surface area contributed by atoms with Gasteiger partial charge in [0.2, 0.25) is 0 Å². The molecule has 18 aromatic rings. The van der Waals surface area contributed by atoms with Gasteiger partial charge in [0.25, 0.3) is 0 Å². The van der Waals surface area contributed by atoms with Crippen LogP contribution in [-0.2, 0) is 0 Å². The van der Waals surface area contributed by atoms with Gasteiger partial charge >= 0.3 is 0 Å². The minimum absolute atomic E-state index is 1.15. The molecule has 15 aromatic carbocycles. The lowest BCUT2D eigenvalue weighted by Gasteiger charge is -2.35. The van der Waals surface area contributed by atoms with Crippen molar-refractivity contribution in [2.75, 3.05) is 0 Å². The first-order chi connectivity index (χ1) is 43.7. The third-order valence-corrected chi connectivity index (χ3v) is 25.0. The molecule has 0 N–H and O–H groups in total. The van der Waals surface area contributed by atoms with Gasteiger partial charge in [0.15, 0.2) is 8.07 Å². The van der Waals surface area contributed by atoms with Gasteiger partial charge in [-0.2, -0.15) is 0 Å². The number of nitrogens with zero attached hydrogens (tertiary/aromatic N) is 2. The Morgan fingerprint density at radius 2 is 0.693 bits per heavy atom. The molecular weight excluding hydrogens is 1100 g/mol. The Balaban J connectivity index is 0.766. The Kier molecular flexibility index (Phi) is 11.5. The summed E-state index contributed by atoms with van der Waals surface area (Å²) in [4.78, 5) is 0. The maximum absolute atomic E-state index is 3.00. The van der Waals surface area contributed by atoms with E-state index in [-0.39, 0.29) is 0 Å². The van der Waals surface area contributed by atoms with Crippen LogP contribution in [0.15, 0.2) is 328 Å². The molecule has 4 heteroatoms. The van der Waals surface area contributed by atoms with Crippen LogP contribution in [0, 0.1) is 0 Å². The van der Waals surface area contributed by atoms with E-state index in [9.17, 15) is 0 Å². The number of aromatic nitrogens is 2. The second-order valence-electron chi connectivity index (χ2n) is 23.4. The van der Waals surface area contributed by atoms with Crippen LogP contribution in [0.1, 0.15) is 0 Å². The number of hydrogen-bond acceptors (Lipinski definition) is 1. The van der Waals surface area contributed by atoms with Gasteiger partial charge in [-0.15, -0.1) is 11.3 Å². The highest BCUT2D eigenvalue weighted by atomic mass is 32.1. The quantitative estimate of drug-likeness (QED) is 0.0774. The molecule has 88 heavy (non-hydrogen) atoms. The van der Waals surface area contributed by atoms with Crippen LogP contribution in [0.2, 0.25) is 0 Å². The average Bonchev–Trinajstić information content (AvgIpc) is 1.28. The van der Waals surface area contributed by atoms with Gasteiger partial charge in [0.05, 0.1) is 22.1 Å². The Morgan fingerprint density at radius 3 is 1.40 bits per heavy atom. The van der Waals surface area contributed by atoms with Gasteiger partial charge in [-0.1, -0.05) is 255 Å². The van der Waals surface area contributed by atoms with E-state index in [0.29, 0.717) is 0 Å². The summed E-state index contributed by atoms with van der Waals surface area (Å²) in [6.45, 7) is 0. The number of benzene rings is 15. The van der Waals surface area contributed by atoms with Gasteiger partial charge in [-0.25, -0.2) is 0 Å². The van der Waals surface area contributed by atoms with Crippen LogP contribution in [-0.4, -0.2) is 17.2 Å². The highest BCUT2D eigenvalue weighted by molar-refractivity contribution is 7.30. The number of thiophene rings is 1. The highest BCUT2D eigenvalue weighted by Crippen LogP contribution is 2.44. The predicted octanol–water partition coefficient (Wildman–Crippen LogP) is 20.1. The Morgan fingerprint density at radius 1 is 0.239 bits per heavy atom. The molecule has 0 saturated carbocycles. The summed E-state index contributed by atoms with van der Waals surface area (Å²) in [5.41, 5.74) is 14.3. The van der Waals surface area contributed by atoms with Crippen molar-refractivity contribution in [2.24, 2.45) is 0 Å². The SMILES string of the molecule is c1ccc([Si](c2ccccc2)(c2cccc(-n3c4ccccc4c4c(-c5ccc6c7ccccc7c7cc(-c8cccc(-c9ccc(-n%10c%11ccccc%11c%11ccccc%11%10)cc9)c8)ccc7c6c5)cccc43)c2)c2cccc3c2sc2ccccc23)cc1. The summed E-state index contributed by atoms with van der Waals surface area (Å²) in [6, 6.07) is 123. The maximum atomic E-state index is 2.53. The van der Waals surface area contributed by atoms with Crippen molar-refractivity contribution >= 4 is 136 Å². The first-order valence-corrected chi connectivity index (χ1v) is 33.2. The standard InChI is InChI=1S/C84H54N2SSi/c1-3-24-62(25-4-1)88(63-26-5-2-6-27-63,82-42-20-36-73-72-33-12-16-41-81(72)87-84(73)82)64-28-18-23-61(54-64)86-79-39-15-11-34-74(79)83-65(35-19-40-80(83)86)59-46-50-68-66-29-7-8-30-67(66)75-52-58(45-49-69(75)76(68)53-59)57-22-17-21-56(51-57)55-43-47-60(48-44-55)85-77-37-13-9-31-70(77)71-32-10-14-38-78(71)85/h1-54H. The summed E-state index contributed by atoms with van der Waals surface area (Å²) in [6.07, 6.45) is 0. The minimum atomic E-state index is -3.00. The first-order valence-electron chi connectivity index (χ1n) is 30.4. The van der Waals surface area contributed by atoms with E-state index in [1.807, 2.05) is 11.3 Å². The van der Waals surface area contributed by atoms with Crippen LogP contribution < -0.4 is 20.7 Å². The fourth-order valence-electron chi connectivity index (χ4n) is 15.0. The van der Waals surface area contributed by atoms with Crippen molar-refractivity contribution in [1.29, 1.82) is 0 Å². The molecule has 0 amide bonds. The fraction of sp³-hybridized carbons (Fsp3) is 0. The molecule has 18 rings (SSSR count). The zero-order chi connectivity index (χ0) is 57.9. The van der Waals surface area contributed by atoms with Crippen molar-refractivity contribution in [3.63, 3.8) is 0 Å². The molecule has 0 unspecified atom stereocenters. The molecule has 2 nitrogen and oxygen atoms in total. The van der Waals surface area contributed by atoms with Gasteiger partial charge in [0.1, 0.15) is 0 Å². The third kappa shape index (κ3) is 7.66. The van der Waals surface area contributed by atoms with Crippen molar-refractivity contribution in [1.82, 2.24) is 9.13 Å². The van der Waals surface area contributed by atoms with Gasteiger partial charge in [-0.05, 0) is 159 Å². The van der Waals surface area contributed by atoms with E-state index in [1.54, 1.807) is 0 Å². The second-order valence-corrected chi connectivity index (χ2v) is 28.3. The van der Waals surface area contributed by atoms with Crippen molar-refractivity contribution in [3.8, 4) is 44.8 Å². The summed E-state index contributed by atoms with van der Waals surface area (Å²) in [5.74, 6) is 0.